The van der Waals surface area contributed by atoms with Crippen molar-refractivity contribution in [2.24, 2.45) is 5.92 Å². The summed E-state index contributed by atoms with van der Waals surface area (Å²) in [7, 11) is 1.98. The SMILES string of the molecule is CC[C@H](C)[C@H](NC(=O)NCCN(C)C(C)C)C(=O)O. The minimum atomic E-state index is -0.996. The fourth-order valence-corrected chi connectivity index (χ4v) is 1.48. The lowest BCUT2D eigenvalue weighted by Crippen LogP contribution is -2.50. The molecule has 0 aliphatic carbocycles. The van der Waals surface area contributed by atoms with E-state index in [-0.39, 0.29) is 5.92 Å². The fourth-order valence-electron chi connectivity index (χ4n) is 1.48. The summed E-state index contributed by atoms with van der Waals surface area (Å²) >= 11 is 0. The van der Waals surface area contributed by atoms with Gasteiger partial charge in [0.25, 0.3) is 0 Å². The van der Waals surface area contributed by atoms with Crippen LogP contribution in [0.1, 0.15) is 34.1 Å². The Balaban J connectivity index is 4.11. The summed E-state index contributed by atoms with van der Waals surface area (Å²) in [5.74, 6) is -1.09. The van der Waals surface area contributed by atoms with Gasteiger partial charge >= 0.3 is 12.0 Å². The van der Waals surface area contributed by atoms with Gasteiger partial charge < -0.3 is 20.6 Å². The number of carboxylic acids is 1. The third-order valence-corrected chi connectivity index (χ3v) is 3.40. The highest BCUT2D eigenvalue weighted by molar-refractivity contribution is 5.82. The molecule has 0 unspecified atom stereocenters. The topological polar surface area (TPSA) is 81.7 Å². The van der Waals surface area contributed by atoms with Crippen molar-refractivity contribution >= 4 is 12.0 Å². The van der Waals surface area contributed by atoms with E-state index in [1.54, 1.807) is 0 Å². The van der Waals surface area contributed by atoms with Crippen molar-refractivity contribution in [2.45, 2.75) is 46.2 Å². The molecule has 0 spiro atoms. The van der Waals surface area contributed by atoms with Crippen LogP contribution in [-0.4, -0.2) is 54.2 Å². The summed E-state index contributed by atoms with van der Waals surface area (Å²) in [5.41, 5.74) is 0. The Morgan fingerprint density at radius 3 is 2.26 bits per heavy atom. The summed E-state index contributed by atoms with van der Waals surface area (Å²) in [6.45, 7) is 9.08. The minimum Gasteiger partial charge on any atom is -0.480 e. The van der Waals surface area contributed by atoms with Gasteiger partial charge in [-0.3, -0.25) is 0 Å². The van der Waals surface area contributed by atoms with Gasteiger partial charge in [0, 0.05) is 19.1 Å². The number of hydrogen-bond acceptors (Lipinski definition) is 3. The Bertz CT molecular complexity index is 295. The number of urea groups is 1. The molecular formula is C13H27N3O3. The first kappa shape index (κ1) is 17.7. The van der Waals surface area contributed by atoms with Crippen molar-refractivity contribution in [1.29, 1.82) is 0 Å². The maximum Gasteiger partial charge on any atom is 0.326 e. The third-order valence-electron chi connectivity index (χ3n) is 3.40. The highest BCUT2D eigenvalue weighted by Crippen LogP contribution is 2.07. The van der Waals surface area contributed by atoms with E-state index in [4.69, 9.17) is 5.11 Å². The Hall–Kier alpha value is -1.30. The zero-order valence-corrected chi connectivity index (χ0v) is 12.6. The second kappa shape index (κ2) is 8.74. The van der Waals surface area contributed by atoms with Crippen LogP contribution in [0.15, 0.2) is 0 Å². The van der Waals surface area contributed by atoms with Crippen LogP contribution < -0.4 is 10.6 Å². The van der Waals surface area contributed by atoms with Gasteiger partial charge in [0.15, 0.2) is 0 Å². The van der Waals surface area contributed by atoms with E-state index in [1.807, 2.05) is 20.9 Å². The normalized spacial score (nSPS) is 14.3. The van der Waals surface area contributed by atoms with Crippen molar-refractivity contribution in [3.63, 3.8) is 0 Å². The first-order valence-corrected chi connectivity index (χ1v) is 6.77. The molecule has 6 nitrogen and oxygen atoms in total. The number of aliphatic carboxylic acids is 1. The molecule has 6 heteroatoms. The molecular weight excluding hydrogens is 246 g/mol. The zero-order valence-electron chi connectivity index (χ0n) is 12.6. The van der Waals surface area contributed by atoms with Gasteiger partial charge in [-0.1, -0.05) is 20.3 Å². The molecule has 0 saturated heterocycles. The van der Waals surface area contributed by atoms with E-state index in [9.17, 15) is 9.59 Å². The van der Waals surface area contributed by atoms with Crippen LogP contribution in [0.25, 0.3) is 0 Å². The van der Waals surface area contributed by atoms with E-state index in [0.29, 0.717) is 19.0 Å². The lowest BCUT2D eigenvalue weighted by Gasteiger charge is -2.22. The molecule has 0 aromatic carbocycles. The lowest BCUT2D eigenvalue weighted by atomic mass is 9.99. The second-order valence-electron chi connectivity index (χ2n) is 5.18. The Kier molecular flexibility index (Phi) is 8.14. The van der Waals surface area contributed by atoms with Crippen molar-refractivity contribution in [1.82, 2.24) is 15.5 Å². The first-order chi connectivity index (χ1) is 8.79. The third kappa shape index (κ3) is 7.00. The van der Waals surface area contributed by atoms with Gasteiger partial charge in [0.2, 0.25) is 0 Å². The number of carbonyl (C=O) groups excluding carboxylic acids is 1. The highest BCUT2D eigenvalue weighted by Gasteiger charge is 2.25. The fraction of sp³-hybridized carbons (Fsp3) is 0.846. The maximum absolute atomic E-state index is 11.6. The van der Waals surface area contributed by atoms with Crippen LogP contribution in [0, 0.1) is 5.92 Å². The molecule has 0 radical (unpaired) electrons. The van der Waals surface area contributed by atoms with Gasteiger partial charge in [-0.05, 0) is 26.8 Å². The van der Waals surface area contributed by atoms with Crippen molar-refractivity contribution in [3.8, 4) is 0 Å². The van der Waals surface area contributed by atoms with Crippen LogP contribution in [0.5, 0.6) is 0 Å². The molecule has 0 heterocycles. The van der Waals surface area contributed by atoms with Gasteiger partial charge in [-0.25, -0.2) is 9.59 Å². The molecule has 0 aliphatic rings. The number of carboxylic acid groups (broad SMARTS) is 1. The number of nitrogens with zero attached hydrogens (tertiary/aromatic N) is 1. The van der Waals surface area contributed by atoms with Gasteiger partial charge in [-0.2, -0.15) is 0 Å². The predicted molar refractivity (Wildman–Crippen MR) is 75.2 cm³/mol. The van der Waals surface area contributed by atoms with Crippen molar-refractivity contribution in [3.05, 3.63) is 0 Å². The Morgan fingerprint density at radius 2 is 1.84 bits per heavy atom. The predicted octanol–water partition coefficient (Wildman–Crippen LogP) is 1.13. The molecule has 0 rings (SSSR count). The lowest BCUT2D eigenvalue weighted by molar-refractivity contribution is -0.140. The average Bonchev–Trinajstić information content (AvgIpc) is 2.34. The minimum absolute atomic E-state index is 0.0958. The van der Waals surface area contributed by atoms with E-state index < -0.39 is 18.0 Å². The smallest absolute Gasteiger partial charge is 0.326 e. The van der Waals surface area contributed by atoms with Crippen molar-refractivity contribution in [2.75, 3.05) is 20.1 Å². The molecule has 3 N–H and O–H groups in total. The molecule has 0 fully saturated rings. The van der Waals surface area contributed by atoms with Crippen LogP contribution in [0.4, 0.5) is 4.79 Å². The molecule has 112 valence electrons. The number of amides is 2. The highest BCUT2D eigenvalue weighted by atomic mass is 16.4. The zero-order chi connectivity index (χ0) is 15.0. The standard InChI is InChI=1S/C13H27N3O3/c1-6-10(4)11(12(17)18)15-13(19)14-7-8-16(5)9(2)3/h9-11H,6-8H2,1-5H3,(H,17,18)(H2,14,15,19)/t10-,11-/m0/s1. The number of carbonyl (C=O) groups is 2. The van der Waals surface area contributed by atoms with E-state index >= 15 is 0 Å². The van der Waals surface area contributed by atoms with Crippen LogP contribution in [-0.2, 0) is 4.79 Å². The summed E-state index contributed by atoms with van der Waals surface area (Å²) in [5, 5.41) is 14.2. The number of hydrogen-bond donors (Lipinski definition) is 3. The Labute approximate surface area is 115 Å². The number of nitrogens with one attached hydrogen (secondary N) is 2. The number of likely N-dealkylation sites (N-methyl/N-ethyl adjacent to an activating group) is 1. The van der Waals surface area contributed by atoms with Crippen LogP contribution in [0.2, 0.25) is 0 Å². The summed E-state index contributed by atoms with van der Waals surface area (Å²) in [6, 6.07) is -0.852. The molecule has 0 aliphatic heterocycles. The number of rotatable bonds is 8. The van der Waals surface area contributed by atoms with E-state index in [2.05, 4.69) is 29.4 Å². The summed E-state index contributed by atoms with van der Waals surface area (Å²) < 4.78 is 0. The van der Waals surface area contributed by atoms with E-state index in [1.165, 1.54) is 0 Å². The molecule has 2 amide bonds. The monoisotopic (exact) mass is 273 g/mol. The van der Waals surface area contributed by atoms with E-state index in [0.717, 1.165) is 6.54 Å². The molecule has 0 bridgehead atoms. The quantitative estimate of drug-likeness (QED) is 0.619. The van der Waals surface area contributed by atoms with Crippen LogP contribution in [0.3, 0.4) is 0 Å². The molecule has 19 heavy (non-hydrogen) atoms. The summed E-state index contributed by atoms with van der Waals surface area (Å²) in [4.78, 5) is 24.8. The molecule has 0 aromatic heterocycles. The molecule has 2 atom stereocenters. The molecule has 0 aromatic rings. The molecule has 0 saturated carbocycles. The second-order valence-corrected chi connectivity index (χ2v) is 5.18. The maximum atomic E-state index is 11.6. The largest absolute Gasteiger partial charge is 0.480 e. The Morgan fingerprint density at radius 1 is 1.26 bits per heavy atom. The van der Waals surface area contributed by atoms with Gasteiger partial charge in [0.1, 0.15) is 6.04 Å². The summed E-state index contributed by atoms with van der Waals surface area (Å²) in [6.07, 6.45) is 0.702. The van der Waals surface area contributed by atoms with Gasteiger partial charge in [0.05, 0.1) is 0 Å². The van der Waals surface area contributed by atoms with Gasteiger partial charge in [-0.15, -0.1) is 0 Å². The van der Waals surface area contributed by atoms with Crippen molar-refractivity contribution < 1.29 is 14.7 Å². The average molecular weight is 273 g/mol. The first-order valence-electron chi connectivity index (χ1n) is 6.77. The van der Waals surface area contributed by atoms with Crippen LogP contribution >= 0.6 is 0 Å².